The molecule has 0 unspecified atom stereocenters. The number of nitrogens with one attached hydrogen (secondary N) is 1. The van der Waals surface area contributed by atoms with E-state index in [-0.39, 0.29) is 9.90 Å². The molecule has 0 aliphatic carbocycles. The normalized spacial score (nSPS) is 7.67. The summed E-state index contributed by atoms with van der Waals surface area (Å²) in [6.07, 6.45) is 3.39. The van der Waals surface area contributed by atoms with Crippen molar-refractivity contribution in [3.05, 3.63) is 18.5 Å². The van der Waals surface area contributed by atoms with Gasteiger partial charge in [0.15, 0.2) is 0 Å². The fourth-order valence-corrected chi connectivity index (χ4v) is 0.428. The molecule has 3 nitrogen and oxygen atoms in total. The van der Waals surface area contributed by atoms with Gasteiger partial charge < -0.3 is 5.32 Å². The fraction of sp³-hybridized carbons (Fsp3) is 0.200. The summed E-state index contributed by atoms with van der Waals surface area (Å²) in [6.45, 7) is 0. The molecule has 0 fully saturated rings. The van der Waals surface area contributed by atoms with Gasteiger partial charge in [0.05, 0.1) is 0 Å². The maximum absolute atomic E-state index is 3.88. The zero-order valence-electron chi connectivity index (χ0n) is 5.07. The number of aromatic nitrogens is 2. The molecule has 0 bridgehead atoms. The lowest BCUT2D eigenvalue weighted by Gasteiger charge is -1.91. The largest absolute Gasteiger partial charge is 0.357 e. The second kappa shape index (κ2) is 4.21. The fourth-order valence-electron chi connectivity index (χ4n) is 0.428. The van der Waals surface area contributed by atoms with Crippen molar-refractivity contribution in [1.82, 2.24) is 9.97 Å². The van der Waals surface area contributed by atoms with Gasteiger partial charge >= 0.3 is 0 Å². The number of anilines is 1. The molecule has 4 heteroatoms. The zero-order valence-corrected chi connectivity index (χ0v) is 5.97. The van der Waals surface area contributed by atoms with Gasteiger partial charge in [0.1, 0.15) is 0 Å². The van der Waals surface area contributed by atoms with E-state index >= 15 is 0 Å². The van der Waals surface area contributed by atoms with Crippen molar-refractivity contribution < 1.29 is 0 Å². The molecule has 0 aromatic carbocycles. The van der Waals surface area contributed by atoms with Crippen molar-refractivity contribution in [2.45, 2.75) is 0 Å². The van der Waals surface area contributed by atoms with Gasteiger partial charge in [0.2, 0.25) is 5.95 Å². The van der Waals surface area contributed by atoms with Gasteiger partial charge in [-0.25, -0.2) is 9.97 Å². The number of nitrogens with zero attached hydrogens (tertiary/aromatic N) is 2. The van der Waals surface area contributed by atoms with Crippen molar-refractivity contribution in [3.8, 4) is 0 Å². The van der Waals surface area contributed by atoms with Crippen LogP contribution in [0.4, 0.5) is 5.95 Å². The van der Waals surface area contributed by atoms with Crippen molar-refractivity contribution in [2.75, 3.05) is 12.4 Å². The molecule has 47 valence electrons. The Morgan fingerprint density at radius 2 is 1.89 bits per heavy atom. The van der Waals surface area contributed by atoms with Crippen LogP contribution in [-0.4, -0.2) is 17.0 Å². The Labute approximate surface area is 57.5 Å². The van der Waals surface area contributed by atoms with E-state index in [0.717, 1.165) is 0 Å². The first-order chi connectivity index (χ1) is 3.93. The van der Waals surface area contributed by atoms with Gasteiger partial charge in [-0.1, -0.05) is 0 Å². The van der Waals surface area contributed by atoms with E-state index in [2.05, 4.69) is 15.3 Å². The molecule has 0 aliphatic rings. The Bertz CT molecular complexity index is 154. The standard InChI is InChI=1S/C5H7N3.P/c1-6-5-7-3-2-4-8-5;/h2-4H,1H3,(H,6,7,8);. The van der Waals surface area contributed by atoms with Crippen molar-refractivity contribution in [2.24, 2.45) is 0 Å². The Kier molecular flexibility index (Phi) is 3.89. The van der Waals surface area contributed by atoms with E-state index in [4.69, 9.17) is 0 Å². The number of rotatable bonds is 1. The average Bonchev–Trinajstić information content (AvgIpc) is 1.90. The van der Waals surface area contributed by atoms with E-state index < -0.39 is 0 Å². The molecule has 9 heavy (non-hydrogen) atoms. The summed E-state index contributed by atoms with van der Waals surface area (Å²) in [4.78, 5) is 7.75. The van der Waals surface area contributed by atoms with Crippen molar-refractivity contribution >= 4 is 15.8 Å². The summed E-state index contributed by atoms with van der Waals surface area (Å²) in [6, 6.07) is 1.78. The molecule has 1 aromatic rings. The molecular weight excluding hydrogens is 133 g/mol. The molecule has 0 saturated heterocycles. The van der Waals surface area contributed by atoms with E-state index in [1.807, 2.05) is 0 Å². The van der Waals surface area contributed by atoms with Crippen LogP contribution in [0, 0.1) is 0 Å². The second-order valence-electron chi connectivity index (χ2n) is 1.32. The minimum absolute atomic E-state index is 0. The summed E-state index contributed by atoms with van der Waals surface area (Å²) < 4.78 is 0. The minimum Gasteiger partial charge on any atom is -0.357 e. The Morgan fingerprint density at radius 3 is 2.22 bits per heavy atom. The molecular formula is C5H7N3P. The van der Waals surface area contributed by atoms with Gasteiger partial charge in [-0.05, 0) is 6.07 Å². The molecule has 0 aliphatic heterocycles. The van der Waals surface area contributed by atoms with Crippen LogP contribution in [0.25, 0.3) is 0 Å². The first-order valence-corrected chi connectivity index (χ1v) is 2.38. The van der Waals surface area contributed by atoms with Crippen LogP contribution in [0.5, 0.6) is 0 Å². The van der Waals surface area contributed by atoms with Crippen LogP contribution in [0.2, 0.25) is 0 Å². The average molecular weight is 140 g/mol. The topological polar surface area (TPSA) is 37.8 Å². The third kappa shape index (κ3) is 2.38. The van der Waals surface area contributed by atoms with Crippen LogP contribution in [0.1, 0.15) is 0 Å². The molecule has 0 saturated carbocycles. The smallest absolute Gasteiger partial charge is 0.222 e. The van der Waals surface area contributed by atoms with E-state index in [9.17, 15) is 0 Å². The van der Waals surface area contributed by atoms with Crippen LogP contribution in [0.3, 0.4) is 0 Å². The zero-order chi connectivity index (χ0) is 5.82. The van der Waals surface area contributed by atoms with Crippen LogP contribution in [0.15, 0.2) is 18.5 Å². The first-order valence-electron chi connectivity index (χ1n) is 2.38. The predicted octanol–water partition coefficient (Wildman–Crippen LogP) is 1.38. The van der Waals surface area contributed by atoms with E-state index in [0.29, 0.717) is 5.95 Å². The summed E-state index contributed by atoms with van der Waals surface area (Å²) in [5, 5.41) is 2.80. The molecule has 1 heterocycles. The van der Waals surface area contributed by atoms with Gasteiger partial charge in [0, 0.05) is 29.3 Å². The number of hydrogen-bond donors (Lipinski definition) is 1. The highest BCUT2D eigenvalue weighted by molar-refractivity contribution is 6.92. The highest BCUT2D eigenvalue weighted by atomic mass is 31.0. The van der Waals surface area contributed by atoms with Gasteiger partial charge in [0.25, 0.3) is 0 Å². The van der Waals surface area contributed by atoms with Crippen LogP contribution < -0.4 is 5.32 Å². The quantitative estimate of drug-likeness (QED) is 0.599. The van der Waals surface area contributed by atoms with Crippen LogP contribution >= 0.6 is 9.90 Å². The molecule has 1 aromatic heterocycles. The van der Waals surface area contributed by atoms with Gasteiger partial charge in [-0.3, -0.25) is 0 Å². The third-order valence-electron chi connectivity index (χ3n) is 0.789. The molecule has 3 radical (unpaired) electrons. The lowest BCUT2D eigenvalue weighted by molar-refractivity contribution is 1.15. The number of hydrogen-bond acceptors (Lipinski definition) is 3. The molecule has 0 atom stereocenters. The monoisotopic (exact) mass is 140 g/mol. The second-order valence-corrected chi connectivity index (χ2v) is 1.32. The van der Waals surface area contributed by atoms with Gasteiger partial charge in [-0.2, -0.15) is 0 Å². The summed E-state index contributed by atoms with van der Waals surface area (Å²) in [5.41, 5.74) is 0. The van der Waals surface area contributed by atoms with Gasteiger partial charge in [-0.15, -0.1) is 0 Å². The van der Waals surface area contributed by atoms with Crippen molar-refractivity contribution in [3.63, 3.8) is 0 Å². The molecule has 1 N–H and O–H groups in total. The molecule has 0 amide bonds. The Morgan fingerprint density at radius 1 is 1.33 bits per heavy atom. The molecule has 1 rings (SSSR count). The highest BCUT2D eigenvalue weighted by Gasteiger charge is 1.81. The predicted molar refractivity (Wildman–Crippen MR) is 38.5 cm³/mol. The lowest BCUT2D eigenvalue weighted by atomic mass is 10.7. The van der Waals surface area contributed by atoms with Crippen molar-refractivity contribution in [1.29, 1.82) is 0 Å². The SMILES string of the molecule is CNc1ncccn1.[P]. The Hall–Kier alpha value is -0.690. The lowest BCUT2D eigenvalue weighted by Crippen LogP contribution is -1.92. The van der Waals surface area contributed by atoms with Crippen LogP contribution in [-0.2, 0) is 0 Å². The minimum atomic E-state index is 0. The highest BCUT2D eigenvalue weighted by Crippen LogP contribution is 1.88. The maximum Gasteiger partial charge on any atom is 0.222 e. The summed E-state index contributed by atoms with van der Waals surface area (Å²) in [5.74, 6) is 0.660. The summed E-state index contributed by atoms with van der Waals surface area (Å²) >= 11 is 0. The maximum atomic E-state index is 3.88. The third-order valence-corrected chi connectivity index (χ3v) is 0.789. The molecule has 0 spiro atoms. The summed E-state index contributed by atoms with van der Waals surface area (Å²) in [7, 11) is 1.79. The van der Waals surface area contributed by atoms with E-state index in [1.54, 1.807) is 25.5 Å². The van der Waals surface area contributed by atoms with E-state index in [1.165, 1.54) is 0 Å². The Balaban J connectivity index is 0.000000640. The first kappa shape index (κ1) is 8.31.